The number of hydrogen-bond acceptors (Lipinski definition) is 4. The van der Waals surface area contributed by atoms with E-state index in [1.54, 1.807) is 24.3 Å². The molecule has 1 amide bonds. The smallest absolute Gasteiger partial charge is 0.412 e. The molecule has 0 aromatic heterocycles. The van der Waals surface area contributed by atoms with Gasteiger partial charge in [0.15, 0.2) is 6.10 Å². The lowest BCUT2D eigenvalue weighted by Crippen LogP contribution is -2.32. The fourth-order valence-electron chi connectivity index (χ4n) is 2.32. The molecule has 0 saturated heterocycles. The fourth-order valence-corrected chi connectivity index (χ4v) is 2.32. The maximum atomic E-state index is 11.9. The number of carbonyl (C=O) groups excluding carboxylic acids is 2. The van der Waals surface area contributed by atoms with Gasteiger partial charge < -0.3 is 9.47 Å². The van der Waals surface area contributed by atoms with Crippen molar-refractivity contribution in [3.05, 3.63) is 30.3 Å². The van der Waals surface area contributed by atoms with Crippen molar-refractivity contribution in [1.82, 2.24) is 0 Å². The van der Waals surface area contributed by atoms with Crippen LogP contribution in [0.25, 0.3) is 0 Å². The molecule has 1 fully saturated rings. The van der Waals surface area contributed by atoms with Crippen LogP contribution in [-0.2, 0) is 14.3 Å². The number of benzene rings is 1. The molecule has 1 N–H and O–H groups in total. The number of rotatable bonds is 4. The molecule has 2 rings (SSSR count). The van der Waals surface area contributed by atoms with Crippen LogP contribution in [0.2, 0.25) is 0 Å². The molecule has 0 heterocycles. The Bertz CT molecular complexity index is 468. The van der Waals surface area contributed by atoms with Gasteiger partial charge in [-0.25, -0.2) is 9.59 Å². The van der Waals surface area contributed by atoms with Gasteiger partial charge in [-0.2, -0.15) is 0 Å². The SMILES string of the molecule is C[C@@H](OC(=O)Nc1ccccc1)C(=O)OC1CCCCC1. The van der Waals surface area contributed by atoms with Gasteiger partial charge in [-0.1, -0.05) is 24.6 Å². The Morgan fingerprint density at radius 1 is 1.14 bits per heavy atom. The zero-order valence-electron chi connectivity index (χ0n) is 12.2. The highest BCUT2D eigenvalue weighted by molar-refractivity contribution is 5.87. The Balaban J connectivity index is 1.75. The highest BCUT2D eigenvalue weighted by atomic mass is 16.6. The highest BCUT2D eigenvalue weighted by Crippen LogP contribution is 2.21. The van der Waals surface area contributed by atoms with Crippen molar-refractivity contribution < 1.29 is 19.1 Å². The van der Waals surface area contributed by atoms with Crippen LogP contribution < -0.4 is 5.32 Å². The zero-order chi connectivity index (χ0) is 15.1. The second kappa shape index (κ2) is 7.67. The summed E-state index contributed by atoms with van der Waals surface area (Å²) in [6.45, 7) is 1.52. The quantitative estimate of drug-likeness (QED) is 0.862. The standard InChI is InChI=1S/C16H21NO4/c1-12(15(18)21-14-10-6-3-7-11-14)20-16(19)17-13-8-4-2-5-9-13/h2,4-5,8-9,12,14H,3,6-7,10-11H2,1H3,(H,17,19)/t12-/m1/s1. The van der Waals surface area contributed by atoms with Crippen molar-refractivity contribution in [3.63, 3.8) is 0 Å². The summed E-state index contributed by atoms with van der Waals surface area (Å²) in [5.41, 5.74) is 0.621. The van der Waals surface area contributed by atoms with E-state index in [0.717, 1.165) is 25.7 Å². The average Bonchev–Trinajstić information content (AvgIpc) is 2.49. The molecule has 0 radical (unpaired) electrons. The van der Waals surface area contributed by atoms with E-state index in [0.29, 0.717) is 5.69 Å². The predicted octanol–water partition coefficient (Wildman–Crippen LogP) is 3.50. The third kappa shape index (κ3) is 5.10. The van der Waals surface area contributed by atoms with Gasteiger partial charge in [-0.15, -0.1) is 0 Å². The molecule has 0 aliphatic heterocycles. The summed E-state index contributed by atoms with van der Waals surface area (Å²) in [7, 11) is 0. The van der Waals surface area contributed by atoms with Crippen molar-refractivity contribution in [1.29, 1.82) is 0 Å². The van der Waals surface area contributed by atoms with Crippen LogP contribution in [0.1, 0.15) is 39.0 Å². The molecular weight excluding hydrogens is 270 g/mol. The van der Waals surface area contributed by atoms with Crippen molar-refractivity contribution in [3.8, 4) is 0 Å². The van der Waals surface area contributed by atoms with E-state index in [9.17, 15) is 9.59 Å². The Labute approximate surface area is 124 Å². The van der Waals surface area contributed by atoms with E-state index < -0.39 is 18.2 Å². The molecule has 114 valence electrons. The summed E-state index contributed by atoms with van der Waals surface area (Å²) < 4.78 is 10.4. The zero-order valence-corrected chi connectivity index (χ0v) is 12.2. The Hall–Kier alpha value is -2.04. The van der Waals surface area contributed by atoms with Gasteiger partial charge in [0, 0.05) is 5.69 Å². The van der Waals surface area contributed by atoms with Crippen molar-refractivity contribution in [2.45, 2.75) is 51.2 Å². The van der Waals surface area contributed by atoms with Crippen LogP contribution in [0, 0.1) is 0 Å². The van der Waals surface area contributed by atoms with Crippen LogP contribution in [0.5, 0.6) is 0 Å². The molecule has 1 aromatic rings. The van der Waals surface area contributed by atoms with E-state index in [4.69, 9.17) is 9.47 Å². The molecule has 5 heteroatoms. The lowest BCUT2D eigenvalue weighted by Gasteiger charge is -2.23. The van der Waals surface area contributed by atoms with E-state index in [1.165, 1.54) is 13.3 Å². The number of carbonyl (C=O) groups is 2. The van der Waals surface area contributed by atoms with Gasteiger partial charge in [-0.05, 0) is 44.7 Å². The van der Waals surface area contributed by atoms with E-state index in [1.807, 2.05) is 6.07 Å². The van der Waals surface area contributed by atoms with E-state index in [-0.39, 0.29) is 6.10 Å². The first-order valence-electron chi connectivity index (χ1n) is 7.38. The third-order valence-electron chi connectivity index (χ3n) is 3.47. The minimum absolute atomic E-state index is 0.0329. The number of ether oxygens (including phenoxy) is 2. The summed E-state index contributed by atoms with van der Waals surface area (Å²) in [6, 6.07) is 8.94. The van der Waals surface area contributed by atoms with Gasteiger partial charge in [0.05, 0.1) is 0 Å². The van der Waals surface area contributed by atoms with Gasteiger partial charge in [0.2, 0.25) is 0 Å². The summed E-state index contributed by atoms with van der Waals surface area (Å²) in [4.78, 5) is 23.6. The van der Waals surface area contributed by atoms with Crippen LogP contribution in [0.4, 0.5) is 10.5 Å². The van der Waals surface area contributed by atoms with Crippen LogP contribution in [0.3, 0.4) is 0 Å². The summed E-state index contributed by atoms with van der Waals surface area (Å²) in [5, 5.41) is 2.56. The second-order valence-corrected chi connectivity index (χ2v) is 5.24. The number of amides is 1. The predicted molar refractivity (Wildman–Crippen MR) is 79.0 cm³/mol. The summed E-state index contributed by atoms with van der Waals surface area (Å²) >= 11 is 0. The number of nitrogens with one attached hydrogen (secondary N) is 1. The minimum Gasteiger partial charge on any atom is -0.460 e. The Kier molecular flexibility index (Phi) is 5.60. The van der Waals surface area contributed by atoms with Gasteiger partial charge >= 0.3 is 12.1 Å². The molecule has 0 bridgehead atoms. The fraction of sp³-hybridized carbons (Fsp3) is 0.500. The van der Waals surface area contributed by atoms with Crippen molar-refractivity contribution in [2.24, 2.45) is 0 Å². The first kappa shape index (κ1) is 15.4. The number of hydrogen-bond donors (Lipinski definition) is 1. The second-order valence-electron chi connectivity index (χ2n) is 5.24. The molecule has 1 aliphatic carbocycles. The molecule has 0 unspecified atom stereocenters. The monoisotopic (exact) mass is 291 g/mol. The number of anilines is 1. The molecule has 5 nitrogen and oxygen atoms in total. The van der Waals surface area contributed by atoms with Crippen molar-refractivity contribution >= 4 is 17.7 Å². The van der Waals surface area contributed by atoms with Crippen LogP contribution in [0.15, 0.2) is 30.3 Å². The maximum Gasteiger partial charge on any atom is 0.412 e. The third-order valence-corrected chi connectivity index (χ3v) is 3.47. The minimum atomic E-state index is -0.907. The normalized spacial score (nSPS) is 16.8. The first-order valence-corrected chi connectivity index (χ1v) is 7.38. The summed E-state index contributed by atoms with van der Waals surface area (Å²) in [6.07, 6.45) is 3.56. The van der Waals surface area contributed by atoms with Gasteiger partial charge in [0.1, 0.15) is 6.10 Å². The molecule has 0 spiro atoms. The molecule has 1 atom stereocenters. The molecule has 1 aromatic carbocycles. The Morgan fingerprint density at radius 3 is 2.48 bits per heavy atom. The number of para-hydroxylation sites is 1. The maximum absolute atomic E-state index is 11.9. The Morgan fingerprint density at radius 2 is 1.81 bits per heavy atom. The molecule has 1 aliphatic rings. The molecular formula is C16H21NO4. The molecule has 21 heavy (non-hydrogen) atoms. The van der Waals surface area contributed by atoms with Crippen LogP contribution in [-0.4, -0.2) is 24.3 Å². The lowest BCUT2D eigenvalue weighted by molar-refractivity contribution is -0.159. The van der Waals surface area contributed by atoms with Crippen molar-refractivity contribution in [2.75, 3.05) is 5.32 Å². The average molecular weight is 291 g/mol. The highest BCUT2D eigenvalue weighted by Gasteiger charge is 2.24. The first-order chi connectivity index (χ1) is 10.1. The topological polar surface area (TPSA) is 64.6 Å². The van der Waals surface area contributed by atoms with E-state index in [2.05, 4.69) is 5.32 Å². The van der Waals surface area contributed by atoms with Gasteiger partial charge in [-0.3, -0.25) is 5.32 Å². The lowest BCUT2D eigenvalue weighted by atomic mass is 9.98. The number of esters is 1. The summed E-state index contributed by atoms with van der Waals surface area (Å²) in [5.74, 6) is -0.481. The molecule has 1 saturated carbocycles. The van der Waals surface area contributed by atoms with Crippen LogP contribution >= 0.6 is 0 Å². The van der Waals surface area contributed by atoms with Gasteiger partial charge in [0.25, 0.3) is 0 Å². The largest absolute Gasteiger partial charge is 0.460 e. The van der Waals surface area contributed by atoms with E-state index >= 15 is 0 Å².